The normalized spacial score (nSPS) is 18.6. The van der Waals surface area contributed by atoms with Crippen molar-refractivity contribution in [2.24, 2.45) is 11.7 Å². The Hall–Kier alpha value is -0.800. The number of aromatic amines is 1. The van der Waals surface area contributed by atoms with Gasteiger partial charge in [-0.1, -0.05) is 22.4 Å². The van der Waals surface area contributed by atoms with E-state index >= 15 is 0 Å². The third kappa shape index (κ3) is 1.59. The molecule has 0 aliphatic heterocycles. The molecule has 0 radical (unpaired) electrons. The zero-order valence-electron chi connectivity index (χ0n) is 9.04. The fourth-order valence-electron chi connectivity index (χ4n) is 2.44. The number of benzene rings is 1. The van der Waals surface area contributed by atoms with E-state index in [2.05, 4.69) is 45.3 Å². The van der Waals surface area contributed by atoms with Crippen molar-refractivity contribution in [3.8, 4) is 0 Å². The maximum atomic E-state index is 6.33. The second-order valence-corrected chi connectivity index (χ2v) is 5.57. The van der Waals surface area contributed by atoms with E-state index in [-0.39, 0.29) is 6.04 Å². The molecule has 1 aliphatic carbocycles. The van der Waals surface area contributed by atoms with E-state index in [1.807, 2.05) is 0 Å². The molecule has 2 nitrogen and oxygen atoms in total. The number of aromatic nitrogens is 1. The highest BCUT2D eigenvalue weighted by Crippen LogP contribution is 2.38. The van der Waals surface area contributed by atoms with Crippen LogP contribution in [0.3, 0.4) is 0 Å². The Balaban J connectivity index is 2.05. The Kier molecular flexibility index (Phi) is 2.52. The molecule has 16 heavy (non-hydrogen) atoms. The number of hydrogen-bond acceptors (Lipinski definition) is 1. The van der Waals surface area contributed by atoms with E-state index in [0.29, 0.717) is 5.92 Å². The van der Waals surface area contributed by atoms with Gasteiger partial charge in [-0.2, -0.15) is 0 Å². The van der Waals surface area contributed by atoms with Gasteiger partial charge in [-0.3, -0.25) is 0 Å². The van der Waals surface area contributed by atoms with Crippen molar-refractivity contribution in [2.45, 2.75) is 25.3 Å². The van der Waals surface area contributed by atoms with Gasteiger partial charge < -0.3 is 10.7 Å². The predicted octanol–water partition coefficient (Wildman–Crippen LogP) is 3.73. The van der Waals surface area contributed by atoms with E-state index < -0.39 is 0 Å². The van der Waals surface area contributed by atoms with Crippen molar-refractivity contribution in [1.29, 1.82) is 0 Å². The molecule has 1 saturated carbocycles. The summed E-state index contributed by atoms with van der Waals surface area (Å²) in [5.74, 6) is 0.679. The lowest BCUT2D eigenvalue weighted by Gasteiger charge is -2.31. The van der Waals surface area contributed by atoms with Crippen molar-refractivity contribution >= 4 is 26.8 Å². The van der Waals surface area contributed by atoms with Gasteiger partial charge in [0.1, 0.15) is 0 Å². The zero-order valence-corrected chi connectivity index (χ0v) is 10.6. The van der Waals surface area contributed by atoms with Crippen LogP contribution in [0.2, 0.25) is 0 Å². The highest BCUT2D eigenvalue weighted by atomic mass is 79.9. The van der Waals surface area contributed by atoms with Crippen LogP contribution in [0.1, 0.15) is 30.9 Å². The Morgan fingerprint density at radius 1 is 1.38 bits per heavy atom. The molecule has 1 aromatic carbocycles. The molecule has 1 unspecified atom stereocenters. The van der Waals surface area contributed by atoms with Gasteiger partial charge in [0, 0.05) is 27.6 Å². The SMILES string of the molecule is NC(c1c[nH]c2ccc(Br)cc12)C1CCC1. The summed E-state index contributed by atoms with van der Waals surface area (Å²) in [6.45, 7) is 0. The Morgan fingerprint density at radius 3 is 2.88 bits per heavy atom. The molecule has 0 saturated heterocycles. The second kappa shape index (κ2) is 3.90. The molecule has 3 heteroatoms. The molecule has 1 aromatic heterocycles. The second-order valence-electron chi connectivity index (χ2n) is 4.65. The first-order valence-corrected chi connectivity index (χ1v) is 6.57. The number of rotatable bonds is 2. The molecule has 1 fully saturated rings. The van der Waals surface area contributed by atoms with E-state index in [1.54, 1.807) is 0 Å². The number of fused-ring (bicyclic) bond motifs is 1. The van der Waals surface area contributed by atoms with Gasteiger partial charge in [0.25, 0.3) is 0 Å². The average Bonchev–Trinajstić information content (AvgIpc) is 2.57. The van der Waals surface area contributed by atoms with Gasteiger partial charge in [0.2, 0.25) is 0 Å². The van der Waals surface area contributed by atoms with Gasteiger partial charge >= 0.3 is 0 Å². The molecule has 0 amide bonds. The van der Waals surface area contributed by atoms with E-state index in [1.165, 1.54) is 35.7 Å². The highest BCUT2D eigenvalue weighted by molar-refractivity contribution is 9.10. The average molecular weight is 279 g/mol. The van der Waals surface area contributed by atoms with Crippen LogP contribution < -0.4 is 5.73 Å². The first-order valence-electron chi connectivity index (χ1n) is 5.78. The Morgan fingerprint density at radius 2 is 2.19 bits per heavy atom. The Bertz CT molecular complexity index is 514. The summed E-state index contributed by atoms with van der Waals surface area (Å²) in [5.41, 5.74) is 8.76. The first kappa shape index (κ1) is 10.4. The van der Waals surface area contributed by atoms with Crippen LogP contribution in [0.4, 0.5) is 0 Å². The summed E-state index contributed by atoms with van der Waals surface area (Å²) in [6, 6.07) is 6.49. The smallest absolute Gasteiger partial charge is 0.0458 e. The number of H-pyrrole nitrogens is 1. The van der Waals surface area contributed by atoms with Crippen LogP contribution in [-0.4, -0.2) is 4.98 Å². The van der Waals surface area contributed by atoms with Crippen LogP contribution in [0, 0.1) is 5.92 Å². The van der Waals surface area contributed by atoms with Crippen molar-refractivity contribution < 1.29 is 0 Å². The van der Waals surface area contributed by atoms with Crippen LogP contribution in [-0.2, 0) is 0 Å². The molecule has 0 spiro atoms. The van der Waals surface area contributed by atoms with Gasteiger partial charge in [-0.15, -0.1) is 0 Å². The van der Waals surface area contributed by atoms with Crippen molar-refractivity contribution in [3.05, 3.63) is 34.4 Å². The molecule has 84 valence electrons. The highest BCUT2D eigenvalue weighted by Gasteiger charge is 2.27. The monoisotopic (exact) mass is 278 g/mol. The Labute approximate surface area is 103 Å². The molecule has 3 rings (SSSR count). The fraction of sp³-hybridized carbons (Fsp3) is 0.385. The molecular weight excluding hydrogens is 264 g/mol. The third-order valence-electron chi connectivity index (χ3n) is 3.69. The fourth-order valence-corrected chi connectivity index (χ4v) is 2.80. The first-order chi connectivity index (χ1) is 7.75. The van der Waals surface area contributed by atoms with E-state index in [9.17, 15) is 0 Å². The largest absolute Gasteiger partial charge is 0.361 e. The van der Waals surface area contributed by atoms with Crippen molar-refractivity contribution in [1.82, 2.24) is 4.98 Å². The van der Waals surface area contributed by atoms with Gasteiger partial charge in [0.05, 0.1) is 0 Å². The summed E-state index contributed by atoms with van der Waals surface area (Å²) in [5, 5.41) is 1.26. The summed E-state index contributed by atoms with van der Waals surface area (Å²) in [4.78, 5) is 3.30. The van der Waals surface area contributed by atoms with Crippen molar-refractivity contribution in [2.75, 3.05) is 0 Å². The summed E-state index contributed by atoms with van der Waals surface area (Å²) >= 11 is 3.51. The standard InChI is InChI=1S/C13H15BrN2/c14-9-4-5-12-10(6-9)11(7-16-12)13(15)8-2-1-3-8/h4-8,13,16H,1-3,15H2. The van der Waals surface area contributed by atoms with Gasteiger partial charge in [0.15, 0.2) is 0 Å². The third-order valence-corrected chi connectivity index (χ3v) is 4.19. The van der Waals surface area contributed by atoms with Crippen LogP contribution in [0.15, 0.2) is 28.9 Å². The summed E-state index contributed by atoms with van der Waals surface area (Å²) in [7, 11) is 0. The maximum Gasteiger partial charge on any atom is 0.0458 e. The minimum atomic E-state index is 0.191. The number of nitrogens with one attached hydrogen (secondary N) is 1. The topological polar surface area (TPSA) is 41.8 Å². The quantitative estimate of drug-likeness (QED) is 0.864. The summed E-state index contributed by atoms with van der Waals surface area (Å²) < 4.78 is 1.11. The maximum absolute atomic E-state index is 6.33. The minimum Gasteiger partial charge on any atom is -0.361 e. The van der Waals surface area contributed by atoms with Crippen molar-refractivity contribution in [3.63, 3.8) is 0 Å². The lowest BCUT2D eigenvalue weighted by atomic mass is 9.77. The molecule has 0 bridgehead atoms. The number of nitrogens with two attached hydrogens (primary N) is 1. The van der Waals surface area contributed by atoms with Gasteiger partial charge in [-0.05, 0) is 42.5 Å². The van der Waals surface area contributed by atoms with Crippen LogP contribution >= 0.6 is 15.9 Å². The lowest BCUT2D eigenvalue weighted by Crippen LogP contribution is -2.26. The van der Waals surface area contributed by atoms with Gasteiger partial charge in [-0.25, -0.2) is 0 Å². The lowest BCUT2D eigenvalue weighted by molar-refractivity contribution is 0.265. The number of hydrogen-bond donors (Lipinski definition) is 2. The van der Waals surface area contributed by atoms with Crippen LogP contribution in [0.25, 0.3) is 10.9 Å². The zero-order chi connectivity index (χ0) is 11.1. The van der Waals surface area contributed by atoms with Crippen LogP contribution in [0.5, 0.6) is 0 Å². The molecule has 3 N–H and O–H groups in total. The molecule has 1 aliphatic rings. The van der Waals surface area contributed by atoms with E-state index in [4.69, 9.17) is 5.73 Å². The predicted molar refractivity (Wildman–Crippen MR) is 70.3 cm³/mol. The summed E-state index contributed by atoms with van der Waals surface area (Å²) in [6.07, 6.45) is 5.97. The van der Waals surface area contributed by atoms with E-state index in [0.717, 1.165) is 4.47 Å². The molecule has 1 heterocycles. The molecule has 2 aromatic rings. The molecular formula is C13H15BrN2. The molecule has 1 atom stereocenters. The number of halogens is 1. The minimum absolute atomic E-state index is 0.191.